The summed E-state index contributed by atoms with van der Waals surface area (Å²) in [6.07, 6.45) is -8.40. The van der Waals surface area contributed by atoms with Crippen LogP contribution >= 0.6 is 12.4 Å². The van der Waals surface area contributed by atoms with Crippen LogP contribution in [0, 0.1) is 5.82 Å². The normalized spacial score (nSPS) is 18.5. The average molecular weight is 625 g/mol. The number of carbonyl (C=O) groups is 4. The van der Waals surface area contributed by atoms with E-state index >= 15 is 0 Å². The molecule has 0 fully saturated rings. The van der Waals surface area contributed by atoms with Gasteiger partial charge in [-0.25, -0.2) is 9.18 Å². The van der Waals surface area contributed by atoms with Gasteiger partial charge in [-0.1, -0.05) is 0 Å². The molecular formula is C22H27ClF6N4O8. The summed E-state index contributed by atoms with van der Waals surface area (Å²) in [5.41, 5.74) is 1.83. The highest BCUT2D eigenvalue weighted by molar-refractivity contribution is 6.10. The molecule has 1 aromatic rings. The fraction of sp³-hybridized carbons (Fsp3) is 0.545. The van der Waals surface area contributed by atoms with Gasteiger partial charge in [0, 0.05) is 12.6 Å². The molecule has 41 heavy (non-hydrogen) atoms. The molecule has 0 aromatic heterocycles. The smallest absolute Gasteiger partial charge is 0.486 e. The molecule has 1 aliphatic rings. The van der Waals surface area contributed by atoms with Gasteiger partial charge >= 0.3 is 18.3 Å². The lowest BCUT2D eigenvalue weighted by atomic mass is 10.0. The van der Waals surface area contributed by atoms with Crippen molar-refractivity contribution in [3.8, 4) is 5.75 Å². The van der Waals surface area contributed by atoms with Crippen LogP contribution in [0.3, 0.4) is 0 Å². The van der Waals surface area contributed by atoms with E-state index in [1.807, 2.05) is 5.32 Å². The van der Waals surface area contributed by atoms with Crippen LogP contribution in [0.15, 0.2) is 18.2 Å². The minimum absolute atomic E-state index is 0. The first-order chi connectivity index (χ1) is 18.4. The second-order valence-electron chi connectivity index (χ2n) is 8.57. The number of hydrogen-bond donors (Lipinski definition) is 4. The number of anilines is 1. The lowest BCUT2D eigenvalue weighted by molar-refractivity contribution is -0.278. The van der Waals surface area contributed by atoms with Crippen LogP contribution in [0.5, 0.6) is 5.75 Å². The summed E-state index contributed by atoms with van der Waals surface area (Å²) in [6.45, 7) is -1.57. The van der Waals surface area contributed by atoms with Gasteiger partial charge in [0.2, 0.25) is 5.60 Å². The molecule has 0 aliphatic carbocycles. The molecule has 0 spiro atoms. The maximum absolute atomic E-state index is 14.0. The largest absolute Gasteiger partial charge is 0.508 e. The Hall–Kier alpha value is -3.51. The topological polar surface area (TPSA) is 170 Å². The van der Waals surface area contributed by atoms with Gasteiger partial charge in [-0.2, -0.15) is 22.0 Å². The first-order valence-corrected chi connectivity index (χ1v) is 11.5. The van der Waals surface area contributed by atoms with Crippen molar-refractivity contribution < 1.29 is 64.8 Å². The van der Waals surface area contributed by atoms with Crippen LogP contribution in [-0.4, -0.2) is 91.7 Å². The van der Waals surface area contributed by atoms with E-state index < -0.39 is 79.2 Å². The molecule has 3 atom stereocenters. The van der Waals surface area contributed by atoms with Gasteiger partial charge in [-0.15, -0.1) is 12.4 Å². The zero-order valence-electron chi connectivity index (χ0n) is 21.4. The number of rotatable bonds is 10. The van der Waals surface area contributed by atoms with Crippen molar-refractivity contribution in [3.05, 3.63) is 24.0 Å². The molecule has 0 radical (unpaired) electrons. The van der Waals surface area contributed by atoms with E-state index in [4.69, 9.17) is 15.2 Å². The van der Waals surface area contributed by atoms with E-state index in [9.17, 15) is 50.6 Å². The fourth-order valence-corrected chi connectivity index (χ4v) is 3.22. The van der Waals surface area contributed by atoms with Crippen molar-refractivity contribution in [2.24, 2.45) is 5.73 Å². The molecule has 0 saturated carbocycles. The second kappa shape index (κ2) is 13.9. The van der Waals surface area contributed by atoms with Gasteiger partial charge < -0.3 is 40.6 Å². The maximum Gasteiger partial charge on any atom is 0.508 e. The fourth-order valence-electron chi connectivity index (χ4n) is 3.22. The van der Waals surface area contributed by atoms with Gasteiger partial charge in [-0.3, -0.25) is 14.4 Å². The molecule has 0 unspecified atom stereocenters. The van der Waals surface area contributed by atoms with Crippen molar-refractivity contribution in [1.82, 2.24) is 10.6 Å². The van der Waals surface area contributed by atoms with Crippen LogP contribution in [0.4, 0.5) is 36.8 Å². The third kappa shape index (κ3) is 8.74. The monoisotopic (exact) mass is 624 g/mol. The third-order valence-corrected chi connectivity index (χ3v) is 5.46. The number of nitrogens with one attached hydrogen (secondary N) is 2. The van der Waals surface area contributed by atoms with Crippen molar-refractivity contribution in [2.75, 3.05) is 37.7 Å². The summed E-state index contributed by atoms with van der Waals surface area (Å²) in [7, 11) is 0. The number of carbonyl (C=O) groups excluding carboxylic acids is 4. The quantitative estimate of drug-likeness (QED) is 0.169. The molecule has 1 heterocycles. The van der Waals surface area contributed by atoms with Crippen LogP contribution in [-0.2, 0) is 23.9 Å². The zero-order valence-corrected chi connectivity index (χ0v) is 22.2. The van der Waals surface area contributed by atoms with Crippen molar-refractivity contribution in [2.45, 2.75) is 43.7 Å². The van der Waals surface area contributed by atoms with Crippen LogP contribution < -0.4 is 26.0 Å². The minimum Gasteiger partial charge on any atom is -0.486 e. The highest BCUT2D eigenvalue weighted by Crippen LogP contribution is 2.35. The lowest BCUT2D eigenvalue weighted by Gasteiger charge is -2.29. The molecule has 2 rings (SSSR count). The molecule has 232 valence electrons. The molecule has 0 bridgehead atoms. The van der Waals surface area contributed by atoms with E-state index in [1.54, 1.807) is 0 Å². The molecule has 0 saturated heterocycles. The summed E-state index contributed by atoms with van der Waals surface area (Å²) >= 11 is 0. The number of benzene rings is 1. The number of amides is 3. The van der Waals surface area contributed by atoms with Gasteiger partial charge in [0.25, 0.3) is 17.7 Å². The van der Waals surface area contributed by atoms with Crippen LogP contribution in [0.1, 0.15) is 13.8 Å². The van der Waals surface area contributed by atoms with Crippen LogP contribution in [0.2, 0.25) is 0 Å². The number of fused-ring (bicyclic) bond motifs is 1. The minimum atomic E-state index is -6.02. The molecule has 3 amide bonds. The summed E-state index contributed by atoms with van der Waals surface area (Å²) in [4.78, 5) is 50.7. The number of aliphatic hydroxyl groups is 1. The Morgan fingerprint density at radius 2 is 1.73 bits per heavy atom. The van der Waals surface area contributed by atoms with E-state index in [0.29, 0.717) is 6.92 Å². The summed E-state index contributed by atoms with van der Waals surface area (Å²) in [5, 5.41) is 13.5. The highest BCUT2D eigenvalue weighted by Gasteiger charge is 2.58. The third-order valence-electron chi connectivity index (χ3n) is 5.46. The number of halogens is 7. The molecular weight excluding hydrogens is 598 g/mol. The number of alkyl halides is 5. The predicted molar refractivity (Wildman–Crippen MR) is 129 cm³/mol. The Labute approximate surface area is 234 Å². The van der Waals surface area contributed by atoms with E-state index in [1.165, 1.54) is 6.92 Å². The Balaban J connectivity index is 0.00000840. The summed E-state index contributed by atoms with van der Waals surface area (Å²) in [6, 6.07) is 1.34. The van der Waals surface area contributed by atoms with E-state index in [2.05, 4.69) is 4.74 Å². The molecule has 1 aromatic carbocycles. The Morgan fingerprint density at radius 1 is 1.12 bits per heavy atom. The molecule has 19 heteroatoms. The highest BCUT2D eigenvalue weighted by atomic mass is 35.5. The molecule has 5 N–H and O–H groups in total. The van der Waals surface area contributed by atoms with E-state index in [-0.39, 0.29) is 37.0 Å². The first kappa shape index (κ1) is 35.5. The zero-order chi connectivity index (χ0) is 30.5. The number of hydrogen-bond acceptors (Lipinski definition) is 9. The number of nitrogens with zero attached hydrogens (tertiary/aromatic N) is 1. The molecule has 1 aliphatic heterocycles. The maximum atomic E-state index is 14.0. The van der Waals surface area contributed by atoms with Gasteiger partial charge in [0.1, 0.15) is 36.9 Å². The number of nitrogens with two attached hydrogens (primary N) is 1. The van der Waals surface area contributed by atoms with Gasteiger partial charge in [0.05, 0.1) is 18.8 Å². The lowest BCUT2D eigenvalue weighted by Crippen LogP contribution is -2.63. The molecule has 12 nitrogen and oxygen atoms in total. The van der Waals surface area contributed by atoms with Gasteiger partial charge in [-0.05, 0) is 26.0 Å². The second-order valence-corrected chi connectivity index (χ2v) is 8.57. The number of ether oxygens (including phenoxy) is 3. The van der Waals surface area contributed by atoms with Crippen molar-refractivity contribution in [1.29, 1.82) is 0 Å². The summed E-state index contributed by atoms with van der Waals surface area (Å²) in [5.74, 6) is -10.8. The van der Waals surface area contributed by atoms with Crippen molar-refractivity contribution in [3.63, 3.8) is 0 Å². The Bertz CT molecular complexity index is 1120. The first-order valence-electron chi connectivity index (χ1n) is 11.5. The Kier molecular flexibility index (Phi) is 12.0. The predicted octanol–water partition coefficient (Wildman–Crippen LogP) is 1.02. The van der Waals surface area contributed by atoms with Crippen molar-refractivity contribution >= 4 is 42.0 Å². The standard InChI is InChI=1S/C22H26F6N4O8.ClH/c1-11-15(31-18(35)20(2,37)17(34)30-10-21(24,25)22(26,27)28)16(33)32(6-8-39-19(36)38-7-5-29)13-9-12(23)3-4-14(13)40-11;/h3-4,9,11,15,37H,5-8,10,29H2,1-2H3,(H,30,34)(H,31,35);1H/t11-,15+,20+;/m1./s1. The van der Waals surface area contributed by atoms with Gasteiger partial charge in [0.15, 0.2) is 0 Å². The average Bonchev–Trinajstić information content (AvgIpc) is 2.95. The Morgan fingerprint density at radius 3 is 2.32 bits per heavy atom. The van der Waals surface area contributed by atoms with E-state index in [0.717, 1.165) is 28.4 Å². The summed E-state index contributed by atoms with van der Waals surface area (Å²) < 4.78 is 92.5. The SMILES string of the molecule is C[C@H]1Oc2ccc(F)cc2N(CCOC(=O)OCCN)C(=O)[C@H]1NC(=O)[C@@](C)(O)C(=O)NCC(F)(F)C(F)(F)F.Cl. The van der Waals surface area contributed by atoms with Crippen LogP contribution in [0.25, 0.3) is 0 Å².